The average molecular weight is 198 g/mol. The van der Waals surface area contributed by atoms with Crippen LogP contribution in [-0.4, -0.2) is 24.4 Å². The zero-order chi connectivity index (χ0) is 9.97. The number of ether oxygens (including phenoxy) is 2. The van der Waals surface area contributed by atoms with E-state index in [0.717, 1.165) is 5.76 Å². The summed E-state index contributed by atoms with van der Waals surface area (Å²) in [5, 5.41) is 8.73. The Labute approximate surface area is 82.4 Å². The van der Waals surface area contributed by atoms with E-state index < -0.39 is 6.29 Å². The predicted octanol–water partition coefficient (Wildman–Crippen LogP) is 1.38. The van der Waals surface area contributed by atoms with Crippen molar-refractivity contribution in [1.29, 1.82) is 0 Å². The third-order valence-corrected chi connectivity index (χ3v) is 2.19. The molecule has 1 aliphatic heterocycles. The van der Waals surface area contributed by atoms with Crippen LogP contribution in [0, 0.1) is 6.92 Å². The summed E-state index contributed by atoms with van der Waals surface area (Å²) in [6.45, 7) is 2.52. The standard InChI is InChI=1S/C10H14O4/c1-7-2-3-9(13-7)10-12-6-8(14-10)4-5-11/h2-3,8,10-11H,4-6H2,1H3. The van der Waals surface area contributed by atoms with Crippen molar-refractivity contribution in [2.75, 3.05) is 13.2 Å². The van der Waals surface area contributed by atoms with E-state index in [1.165, 1.54) is 0 Å². The first-order valence-corrected chi connectivity index (χ1v) is 4.74. The Morgan fingerprint density at radius 3 is 3.00 bits per heavy atom. The molecule has 2 rings (SSSR count). The molecule has 2 unspecified atom stereocenters. The lowest BCUT2D eigenvalue weighted by Gasteiger charge is -2.07. The number of rotatable bonds is 3. The highest BCUT2D eigenvalue weighted by Gasteiger charge is 2.28. The molecule has 0 aromatic carbocycles. The lowest BCUT2D eigenvalue weighted by molar-refractivity contribution is -0.0764. The molecule has 0 spiro atoms. The minimum atomic E-state index is -0.403. The molecule has 0 radical (unpaired) electrons. The van der Waals surface area contributed by atoms with Crippen LogP contribution in [-0.2, 0) is 9.47 Å². The molecule has 1 aliphatic rings. The van der Waals surface area contributed by atoms with Crippen molar-refractivity contribution >= 4 is 0 Å². The van der Waals surface area contributed by atoms with E-state index in [4.69, 9.17) is 19.0 Å². The summed E-state index contributed by atoms with van der Waals surface area (Å²) >= 11 is 0. The fourth-order valence-electron chi connectivity index (χ4n) is 1.47. The van der Waals surface area contributed by atoms with Gasteiger partial charge in [-0.2, -0.15) is 0 Å². The zero-order valence-corrected chi connectivity index (χ0v) is 8.10. The predicted molar refractivity (Wildman–Crippen MR) is 48.7 cm³/mol. The summed E-state index contributed by atoms with van der Waals surface area (Å²) in [5.41, 5.74) is 0. The summed E-state index contributed by atoms with van der Waals surface area (Å²) in [6.07, 6.45) is 0.187. The molecule has 0 saturated carbocycles. The second kappa shape index (κ2) is 4.13. The fourth-order valence-corrected chi connectivity index (χ4v) is 1.47. The summed E-state index contributed by atoms with van der Waals surface area (Å²) < 4.78 is 16.3. The Bertz CT molecular complexity index is 294. The van der Waals surface area contributed by atoms with Gasteiger partial charge >= 0.3 is 0 Å². The molecule has 1 fully saturated rings. The van der Waals surface area contributed by atoms with Gasteiger partial charge in [-0.25, -0.2) is 0 Å². The van der Waals surface area contributed by atoms with Gasteiger partial charge in [0.2, 0.25) is 6.29 Å². The average Bonchev–Trinajstić information content (AvgIpc) is 2.74. The fraction of sp³-hybridized carbons (Fsp3) is 0.600. The highest BCUT2D eigenvalue weighted by molar-refractivity contribution is 5.07. The Kier molecular flexibility index (Phi) is 2.86. The number of aliphatic hydroxyl groups excluding tert-OH is 1. The Morgan fingerprint density at radius 2 is 2.36 bits per heavy atom. The van der Waals surface area contributed by atoms with Crippen LogP contribution < -0.4 is 0 Å². The first kappa shape index (κ1) is 9.71. The molecule has 14 heavy (non-hydrogen) atoms. The van der Waals surface area contributed by atoms with Crippen LogP contribution in [0.25, 0.3) is 0 Å². The minimum absolute atomic E-state index is 0.0181. The molecular formula is C10H14O4. The third-order valence-electron chi connectivity index (χ3n) is 2.19. The van der Waals surface area contributed by atoms with Crippen LogP contribution in [0.4, 0.5) is 0 Å². The van der Waals surface area contributed by atoms with Crippen LogP contribution in [0.3, 0.4) is 0 Å². The van der Waals surface area contributed by atoms with E-state index in [-0.39, 0.29) is 12.7 Å². The van der Waals surface area contributed by atoms with Gasteiger partial charge in [0.25, 0.3) is 0 Å². The molecule has 4 nitrogen and oxygen atoms in total. The molecule has 78 valence electrons. The van der Waals surface area contributed by atoms with Gasteiger partial charge in [0.15, 0.2) is 5.76 Å². The molecule has 0 bridgehead atoms. The smallest absolute Gasteiger partial charge is 0.217 e. The number of hydrogen-bond donors (Lipinski definition) is 1. The number of aryl methyl sites for hydroxylation is 1. The molecular weight excluding hydrogens is 184 g/mol. The topological polar surface area (TPSA) is 51.8 Å². The maximum absolute atomic E-state index is 8.73. The lowest BCUT2D eigenvalue weighted by Crippen LogP contribution is -2.11. The van der Waals surface area contributed by atoms with Crippen molar-refractivity contribution in [3.8, 4) is 0 Å². The quantitative estimate of drug-likeness (QED) is 0.797. The number of aliphatic hydroxyl groups is 1. The van der Waals surface area contributed by atoms with Crippen LogP contribution in [0.15, 0.2) is 16.5 Å². The first-order chi connectivity index (χ1) is 6.79. The van der Waals surface area contributed by atoms with Crippen molar-refractivity contribution in [2.45, 2.75) is 25.7 Å². The SMILES string of the molecule is Cc1ccc(C2OCC(CCO)O2)o1. The molecule has 2 heterocycles. The van der Waals surface area contributed by atoms with E-state index in [9.17, 15) is 0 Å². The summed E-state index contributed by atoms with van der Waals surface area (Å²) in [4.78, 5) is 0. The van der Waals surface area contributed by atoms with Crippen LogP contribution in [0.5, 0.6) is 0 Å². The molecule has 1 saturated heterocycles. The Morgan fingerprint density at radius 1 is 1.50 bits per heavy atom. The van der Waals surface area contributed by atoms with Crippen LogP contribution >= 0.6 is 0 Å². The molecule has 1 N–H and O–H groups in total. The van der Waals surface area contributed by atoms with Crippen molar-refractivity contribution in [2.24, 2.45) is 0 Å². The van der Waals surface area contributed by atoms with Crippen molar-refractivity contribution < 1.29 is 19.0 Å². The first-order valence-electron chi connectivity index (χ1n) is 4.74. The van der Waals surface area contributed by atoms with Gasteiger partial charge in [-0.1, -0.05) is 0 Å². The lowest BCUT2D eigenvalue weighted by atomic mass is 10.3. The van der Waals surface area contributed by atoms with E-state index in [1.807, 2.05) is 19.1 Å². The highest BCUT2D eigenvalue weighted by atomic mass is 16.7. The second-order valence-corrected chi connectivity index (χ2v) is 3.38. The van der Waals surface area contributed by atoms with Gasteiger partial charge in [0.1, 0.15) is 5.76 Å². The minimum Gasteiger partial charge on any atom is -0.461 e. The van der Waals surface area contributed by atoms with Gasteiger partial charge in [-0.3, -0.25) is 0 Å². The monoisotopic (exact) mass is 198 g/mol. The number of hydrogen-bond acceptors (Lipinski definition) is 4. The molecule has 1 aromatic rings. The second-order valence-electron chi connectivity index (χ2n) is 3.38. The zero-order valence-electron chi connectivity index (χ0n) is 8.10. The third kappa shape index (κ3) is 1.97. The molecule has 4 heteroatoms. The molecule has 1 aromatic heterocycles. The normalized spacial score (nSPS) is 27.0. The van der Waals surface area contributed by atoms with Crippen molar-refractivity contribution in [3.05, 3.63) is 23.7 Å². The van der Waals surface area contributed by atoms with Gasteiger partial charge in [0, 0.05) is 6.61 Å². The summed E-state index contributed by atoms with van der Waals surface area (Å²) in [6, 6.07) is 3.72. The molecule has 2 atom stereocenters. The largest absolute Gasteiger partial charge is 0.461 e. The van der Waals surface area contributed by atoms with E-state index in [1.54, 1.807) is 0 Å². The van der Waals surface area contributed by atoms with E-state index in [0.29, 0.717) is 18.8 Å². The van der Waals surface area contributed by atoms with Gasteiger partial charge in [-0.05, 0) is 25.5 Å². The van der Waals surface area contributed by atoms with Crippen LogP contribution in [0.1, 0.15) is 24.2 Å². The maximum Gasteiger partial charge on any atom is 0.217 e. The van der Waals surface area contributed by atoms with Gasteiger partial charge in [0.05, 0.1) is 12.7 Å². The van der Waals surface area contributed by atoms with Crippen LogP contribution in [0.2, 0.25) is 0 Å². The van der Waals surface area contributed by atoms with E-state index in [2.05, 4.69) is 0 Å². The summed E-state index contributed by atoms with van der Waals surface area (Å²) in [7, 11) is 0. The van der Waals surface area contributed by atoms with Gasteiger partial charge in [-0.15, -0.1) is 0 Å². The van der Waals surface area contributed by atoms with Gasteiger partial charge < -0.3 is 19.0 Å². The Balaban J connectivity index is 1.95. The molecule has 0 aliphatic carbocycles. The Hall–Kier alpha value is -0.840. The van der Waals surface area contributed by atoms with Crippen molar-refractivity contribution in [3.63, 3.8) is 0 Å². The van der Waals surface area contributed by atoms with E-state index >= 15 is 0 Å². The highest BCUT2D eigenvalue weighted by Crippen LogP contribution is 2.28. The maximum atomic E-state index is 8.73. The summed E-state index contributed by atoms with van der Waals surface area (Å²) in [5.74, 6) is 1.54. The molecule has 0 amide bonds. The van der Waals surface area contributed by atoms with Crippen molar-refractivity contribution in [1.82, 2.24) is 0 Å². The number of furan rings is 1.